The largest absolute Gasteiger partial charge is 0.330 e. The highest BCUT2D eigenvalue weighted by Gasteiger charge is 2.11. The number of hydrazone groups is 1. The van der Waals surface area contributed by atoms with Gasteiger partial charge in [0.05, 0.1) is 5.69 Å². The molecule has 120 valence electrons. The first-order valence-corrected chi connectivity index (χ1v) is 7.61. The van der Waals surface area contributed by atoms with Crippen molar-refractivity contribution < 1.29 is 0 Å². The van der Waals surface area contributed by atoms with Gasteiger partial charge in [0.2, 0.25) is 0 Å². The molecule has 7 nitrogen and oxygen atoms in total. The first-order chi connectivity index (χ1) is 11.7. The van der Waals surface area contributed by atoms with Gasteiger partial charge in [-0.3, -0.25) is 9.99 Å². The van der Waals surface area contributed by atoms with Crippen molar-refractivity contribution in [2.75, 3.05) is 0 Å². The molecule has 0 fully saturated rings. The standard InChI is InChI=1S/C16H13ClN6O/c17-14-9-11(15-19-21-22-20-15)3-6-13(14)10-1-4-12(5-2-10)23-8-7-18-16(23)24/h1-9,21-22H,(H,18,24)(H,19,20). The molecule has 3 aromatic rings. The van der Waals surface area contributed by atoms with Crippen LogP contribution in [0.1, 0.15) is 5.56 Å². The van der Waals surface area contributed by atoms with E-state index in [2.05, 4.69) is 26.6 Å². The van der Waals surface area contributed by atoms with E-state index in [9.17, 15) is 4.79 Å². The summed E-state index contributed by atoms with van der Waals surface area (Å²) in [6, 6.07) is 13.4. The Morgan fingerprint density at radius 2 is 1.83 bits per heavy atom. The molecule has 0 saturated heterocycles. The summed E-state index contributed by atoms with van der Waals surface area (Å²) < 4.78 is 1.54. The Kier molecular flexibility index (Phi) is 3.56. The molecule has 2 heterocycles. The number of aromatic nitrogens is 2. The molecular weight excluding hydrogens is 328 g/mol. The summed E-state index contributed by atoms with van der Waals surface area (Å²) in [5.74, 6) is 0.672. The average molecular weight is 341 g/mol. The van der Waals surface area contributed by atoms with Crippen molar-refractivity contribution in [1.82, 2.24) is 26.0 Å². The molecule has 0 bridgehead atoms. The highest BCUT2D eigenvalue weighted by Crippen LogP contribution is 2.29. The molecule has 8 heteroatoms. The van der Waals surface area contributed by atoms with Crippen LogP contribution < -0.4 is 22.2 Å². The number of hydrogen-bond acceptors (Lipinski definition) is 5. The number of rotatable bonds is 3. The number of imidazole rings is 1. The highest BCUT2D eigenvalue weighted by molar-refractivity contribution is 6.33. The molecule has 1 aromatic heterocycles. The maximum Gasteiger partial charge on any atom is 0.330 e. The Bertz CT molecular complexity index is 973. The quantitative estimate of drug-likeness (QED) is 0.585. The maximum atomic E-state index is 11.7. The van der Waals surface area contributed by atoms with Gasteiger partial charge in [-0.15, -0.1) is 10.6 Å². The smallest absolute Gasteiger partial charge is 0.312 e. The molecule has 1 aliphatic rings. The molecule has 0 amide bonds. The first kappa shape index (κ1) is 14.6. The second-order valence-electron chi connectivity index (χ2n) is 5.20. The lowest BCUT2D eigenvalue weighted by molar-refractivity contribution is 0.577. The highest BCUT2D eigenvalue weighted by atomic mass is 35.5. The molecule has 0 saturated carbocycles. The Labute approximate surface area is 141 Å². The van der Waals surface area contributed by atoms with Crippen LogP contribution in [0.4, 0.5) is 0 Å². The van der Waals surface area contributed by atoms with Gasteiger partial charge in [-0.25, -0.2) is 10.3 Å². The molecule has 2 aromatic carbocycles. The van der Waals surface area contributed by atoms with Crippen LogP contribution in [0.2, 0.25) is 5.02 Å². The second-order valence-corrected chi connectivity index (χ2v) is 5.61. The van der Waals surface area contributed by atoms with Gasteiger partial charge < -0.3 is 4.98 Å². The number of halogens is 1. The van der Waals surface area contributed by atoms with Gasteiger partial charge in [-0.2, -0.15) is 0 Å². The van der Waals surface area contributed by atoms with Crippen LogP contribution in [0.25, 0.3) is 16.8 Å². The van der Waals surface area contributed by atoms with E-state index < -0.39 is 0 Å². The van der Waals surface area contributed by atoms with Crippen molar-refractivity contribution in [1.29, 1.82) is 0 Å². The predicted octanol–water partition coefficient (Wildman–Crippen LogP) is 1.76. The van der Waals surface area contributed by atoms with Crippen LogP contribution in [0.3, 0.4) is 0 Å². The maximum absolute atomic E-state index is 11.7. The van der Waals surface area contributed by atoms with E-state index in [0.717, 1.165) is 22.4 Å². The van der Waals surface area contributed by atoms with Crippen LogP contribution in [0, 0.1) is 0 Å². The number of benzene rings is 2. The molecule has 0 atom stereocenters. The van der Waals surface area contributed by atoms with E-state index in [1.807, 2.05) is 42.5 Å². The van der Waals surface area contributed by atoms with Crippen LogP contribution >= 0.6 is 11.6 Å². The number of H-pyrrole nitrogens is 1. The van der Waals surface area contributed by atoms with Crippen LogP contribution in [0.15, 0.2) is 64.8 Å². The van der Waals surface area contributed by atoms with Gasteiger partial charge in [-0.1, -0.05) is 35.9 Å². The minimum Gasteiger partial charge on any atom is -0.312 e. The summed E-state index contributed by atoms with van der Waals surface area (Å²) in [6.07, 6.45) is 3.30. The number of amidine groups is 1. The third-order valence-electron chi connectivity index (χ3n) is 3.75. The van der Waals surface area contributed by atoms with Gasteiger partial charge >= 0.3 is 5.69 Å². The zero-order chi connectivity index (χ0) is 16.5. The monoisotopic (exact) mass is 340 g/mol. The van der Waals surface area contributed by atoms with Crippen molar-refractivity contribution in [2.24, 2.45) is 5.10 Å². The minimum atomic E-state index is -0.169. The van der Waals surface area contributed by atoms with Gasteiger partial charge in [0.1, 0.15) is 0 Å². The van der Waals surface area contributed by atoms with Crippen LogP contribution in [-0.2, 0) is 0 Å². The lowest BCUT2D eigenvalue weighted by atomic mass is 10.0. The van der Waals surface area contributed by atoms with Crippen molar-refractivity contribution in [3.63, 3.8) is 0 Å². The second kappa shape index (κ2) is 5.88. The third-order valence-corrected chi connectivity index (χ3v) is 4.07. The topological polar surface area (TPSA) is 86.2 Å². The van der Waals surface area contributed by atoms with Crippen molar-refractivity contribution in [2.45, 2.75) is 0 Å². The normalized spacial score (nSPS) is 13.3. The number of aromatic amines is 1. The number of hydrogen-bond donors (Lipinski definition) is 4. The summed E-state index contributed by atoms with van der Waals surface area (Å²) in [4.78, 5) is 14.3. The summed E-state index contributed by atoms with van der Waals surface area (Å²) >= 11 is 6.42. The van der Waals surface area contributed by atoms with Gasteiger partial charge in [-0.05, 0) is 23.8 Å². The average Bonchev–Trinajstić information content (AvgIpc) is 3.27. The zero-order valence-corrected chi connectivity index (χ0v) is 13.1. The minimum absolute atomic E-state index is 0.169. The van der Waals surface area contributed by atoms with E-state index in [1.165, 1.54) is 0 Å². The molecular formula is C16H13ClN6O. The van der Waals surface area contributed by atoms with Crippen LogP contribution in [0.5, 0.6) is 0 Å². The van der Waals surface area contributed by atoms with Gasteiger partial charge in [0.25, 0.3) is 0 Å². The third kappa shape index (κ3) is 2.55. The van der Waals surface area contributed by atoms with Gasteiger partial charge in [0, 0.05) is 28.5 Å². The number of nitrogens with zero attached hydrogens (tertiary/aromatic N) is 2. The Morgan fingerprint density at radius 1 is 1.04 bits per heavy atom. The summed E-state index contributed by atoms with van der Waals surface area (Å²) in [6.45, 7) is 0. The fourth-order valence-corrected chi connectivity index (χ4v) is 2.85. The van der Waals surface area contributed by atoms with E-state index in [4.69, 9.17) is 11.6 Å². The molecule has 1 aliphatic heterocycles. The van der Waals surface area contributed by atoms with E-state index in [-0.39, 0.29) is 5.69 Å². The lowest BCUT2D eigenvalue weighted by Gasteiger charge is -2.08. The molecule has 0 spiro atoms. The van der Waals surface area contributed by atoms with Crippen molar-refractivity contribution in [3.05, 3.63) is 75.9 Å². The van der Waals surface area contributed by atoms with Crippen molar-refractivity contribution >= 4 is 17.4 Å². The summed E-state index contributed by atoms with van der Waals surface area (Å²) in [7, 11) is 0. The van der Waals surface area contributed by atoms with E-state index in [0.29, 0.717) is 10.9 Å². The fraction of sp³-hybridized carbons (Fsp3) is 0. The SMILES string of the molecule is O=c1[nH]ccn1-c1ccc(-c2ccc(C3=NNNN3)cc2Cl)cc1. The molecule has 0 radical (unpaired) electrons. The Balaban J connectivity index is 1.66. The van der Waals surface area contributed by atoms with Crippen LogP contribution in [-0.4, -0.2) is 15.4 Å². The Morgan fingerprint density at radius 3 is 2.46 bits per heavy atom. The van der Waals surface area contributed by atoms with E-state index in [1.54, 1.807) is 17.0 Å². The van der Waals surface area contributed by atoms with Gasteiger partial charge in [0.15, 0.2) is 5.84 Å². The number of hydrazine groups is 2. The lowest BCUT2D eigenvalue weighted by Crippen LogP contribution is -2.35. The van der Waals surface area contributed by atoms with E-state index >= 15 is 0 Å². The summed E-state index contributed by atoms with van der Waals surface area (Å²) in [5, 5.41) is 4.67. The molecule has 0 unspecified atom stereocenters. The molecule has 4 N–H and O–H groups in total. The first-order valence-electron chi connectivity index (χ1n) is 7.23. The fourth-order valence-electron chi connectivity index (χ4n) is 2.56. The number of nitrogens with one attached hydrogen (secondary N) is 4. The zero-order valence-electron chi connectivity index (χ0n) is 12.4. The summed E-state index contributed by atoms with van der Waals surface area (Å²) in [5.41, 5.74) is 11.6. The Hall–Kier alpha value is -3.03. The predicted molar refractivity (Wildman–Crippen MR) is 92.8 cm³/mol. The van der Waals surface area contributed by atoms with Crippen molar-refractivity contribution in [3.8, 4) is 16.8 Å². The molecule has 24 heavy (non-hydrogen) atoms. The molecule has 0 aliphatic carbocycles. The molecule has 4 rings (SSSR count).